The fourth-order valence-electron chi connectivity index (χ4n) is 3.37. The molecule has 0 radical (unpaired) electrons. The van der Waals surface area contributed by atoms with Crippen LogP contribution in [-0.2, 0) is 9.59 Å². The molecule has 0 spiro atoms. The standard InChI is InChI=1S/C20H39NO3/c1-15(10-7-12-21-5)8-6-9-16(2)14-17(3)20(24)18(4)19(23)11-13-22/h13,15-19,21,23H,6-12,14H2,1-5H3. The van der Waals surface area contributed by atoms with E-state index in [1.807, 2.05) is 14.0 Å². The minimum Gasteiger partial charge on any atom is -0.392 e. The van der Waals surface area contributed by atoms with Crippen LogP contribution in [0.5, 0.6) is 0 Å². The van der Waals surface area contributed by atoms with Crippen LogP contribution in [0.2, 0.25) is 0 Å². The van der Waals surface area contributed by atoms with Gasteiger partial charge in [0.1, 0.15) is 12.1 Å². The van der Waals surface area contributed by atoms with E-state index in [0.29, 0.717) is 12.2 Å². The highest BCUT2D eigenvalue weighted by molar-refractivity contribution is 5.83. The van der Waals surface area contributed by atoms with Crippen LogP contribution in [0, 0.1) is 23.7 Å². The first-order chi connectivity index (χ1) is 11.3. The van der Waals surface area contributed by atoms with Crippen molar-refractivity contribution in [1.29, 1.82) is 0 Å². The monoisotopic (exact) mass is 341 g/mol. The van der Waals surface area contributed by atoms with Crippen LogP contribution in [0.25, 0.3) is 0 Å². The van der Waals surface area contributed by atoms with Gasteiger partial charge in [-0.1, -0.05) is 47.0 Å². The lowest BCUT2D eigenvalue weighted by molar-refractivity contribution is -0.130. The molecule has 0 saturated carbocycles. The molecule has 0 fully saturated rings. The Bertz CT molecular complexity index is 346. The molecule has 0 aromatic carbocycles. The first-order valence-corrected chi connectivity index (χ1v) is 9.63. The van der Waals surface area contributed by atoms with Crippen LogP contribution in [0.4, 0.5) is 0 Å². The van der Waals surface area contributed by atoms with Crippen molar-refractivity contribution in [1.82, 2.24) is 5.32 Å². The highest BCUT2D eigenvalue weighted by Crippen LogP contribution is 2.24. The molecule has 24 heavy (non-hydrogen) atoms. The summed E-state index contributed by atoms with van der Waals surface area (Å²) in [6.07, 6.45) is 6.88. The summed E-state index contributed by atoms with van der Waals surface area (Å²) in [6, 6.07) is 0. The van der Waals surface area contributed by atoms with Gasteiger partial charge in [-0.05, 0) is 44.7 Å². The number of ketones is 1. The number of carbonyl (C=O) groups excluding carboxylic acids is 2. The van der Waals surface area contributed by atoms with Crippen molar-refractivity contribution in [2.75, 3.05) is 13.6 Å². The van der Waals surface area contributed by atoms with Crippen molar-refractivity contribution < 1.29 is 14.7 Å². The summed E-state index contributed by atoms with van der Waals surface area (Å²) < 4.78 is 0. The van der Waals surface area contributed by atoms with E-state index in [1.54, 1.807) is 6.92 Å². The third-order valence-electron chi connectivity index (χ3n) is 5.12. The van der Waals surface area contributed by atoms with Crippen molar-refractivity contribution in [2.45, 2.75) is 78.7 Å². The van der Waals surface area contributed by atoms with Crippen LogP contribution >= 0.6 is 0 Å². The summed E-state index contributed by atoms with van der Waals surface area (Å²) in [4.78, 5) is 22.8. The predicted molar refractivity (Wildman–Crippen MR) is 100.0 cm³/mol. The van der Waals surface area contributed by atoms with Gasteiger partial charge in [0.25, 0.3) is 0 Å². The highest BCUT2D eigenvalue weighted by atomic mass is 16.3. The molecule has 4 heteroatoms. The number of carbonyl (C=O) groups is 2. The molecule has 5 atom stereocenters. The molecule has 0 aromatic rings. The molecule has 0 rings (SSSR count). The van der Waals surface area contributed by atoms with E-state index in [-0.39, 0.29) is 18.1 Å². The van der Waals surface area contributed by atoms with Crippen molar-refractivity contribution in [3.05, 3.63) is 0 Å². The molecule has 142 valence electrons. The van der Waals surface area contributed by atoms with Crippen molar-refractivity contribution >= 4 is 12.1 Å². The zero-order chi connectivity index (χ0) is 18.5. The van der Waals surface area contributed by atoms with E-state index in [0.717, 1.165) is 25.3 Å². The molecule has 0 aliphatic heterocycles. The maximum absolute atomic E-state index is 12.3. The quantitative estimate of drug-likeness (QED) is 0.353. The normalized spacial score (nSPS) is 17.8. The van der Waals surface area contributed by atoms with Gasteiger partial charge in [-0.3, -0.25) is 4.79 Å². The van der Waals surface area contributed by atoms with Gasteiger partial charge in [0.15, 0.2) is 0 Å². The number of rotatable bonds is 15. The van der Waals surface area contributed by atoms with E-state index in [4.69, 9.17) is 0 Å². The summed E-state index contributed by atoms with van der Waals surface area (Å²) in [5.41, 5.74) is 0. The maximum atomic E-state index is 12.3. The van der Waals surface area contributed by atoms with Crippen molar-refractivity contribution in [3.63, 3.8) is 0 Å². The highest BCUT2D eigenvalue weighted by Gasteiger charge is 2.26. The molecule has 0 aliphatic carbocycles. The number of hydrogen-bond donors (Lipinski definition) is 2. The molecule has 0 aromatic heterocycles. The summed E-state index contributed by atoms with van der Waals surface area (Å²) in [5.74, 6) is 0.859. The lowest BCUT2D eigenvalue weighted by Crippen LogP contribution is -2.30. The zero-order valence-electron chi connectivity index (χ0n) is 16.4. The van der Waals surface area contributed by atoms with E-state index in [2.05, 4.69) is 19.2 Å². The molecule has 5 unspecified atom stereocenters. The second-order valence-electron chi connectivity index (χ2n) is 7.68. The first-order valence-electron chi connectivity index (χ1n) is 9.63. The Morgan fingerprint density at radius 2 is 1.62 bits per heavy atom. The molecule has 0 heterocycles. The van der Waals surface area contributed by atoms with Gasteiger partial charge < -0.3 is 15.2 Å². The van der Waals surface area contributed by atoms with Crippen LogP contribution in [-0.4, -0.2) is 36.9 Å². The summed E-state index contributed by atoms with van der Waals surface area (Å²) in [6.45, 7) is 9.30. The van der Waals surface area contributed by atoms with E-state index < -0.39 is 12.0 Å². The van der Waals surface area contributed by atoms with E-state index in [9.17, 15) is 14.7 Å². The SMILES string of the molecule is CNCCCC(C)CCCC(C)CC(C)C(=O)C(C)C(O)CC=O. The van der Waals surface area contributed by atoms with E-state index in [1.165, 1.54) is 25.7 Å². The van der Waals surface area contributed by atoms with Gasteiger partial charge in [0.2, 0.25) is 0 Å². The Hall–Kier alpha value is -0.740. The third kappa shape index (κ3) is 10.2. The van der Waals surface area contributed by atoms with Gasteiger partial charge >= 0.3 is 0 Å². The molecular formula is C20H39NO3. The topological polar surface area (TPSA) is 66.4 Å². The van der Waals surface area contributed by atoms with Crippen molar-refractivity contribution in [2.24, 2.45) is 23.7 Å². The minimum absolute atomic E-state index is 0.0423. The smallest absolute Gasteiger partial charge is 0.141 e. The number of hydrogen-bond acceptors (Lipinski definition) is 4. The number of aliphatic hydroxyl groups is 1. The predicted octanol–water partition coefficient (Wildman–Crippen LogP) is 3.61. The Kier molecular flexibility index (Phi) is 13.1. The van der Waals surface area contributed by atoms with Gasteiger partial charge in [0.05, 0.1) is 6.10 Å². The van der Waals surface area contributed by atoms with Crippen molar-refractivity contribution in [3.8, 4) is 0 Å². The Balaban J connectivity index is 4.02. The molecule has 0 amide bonds. The molecule has 0 saturated heterocycles. The first kappa shape index (κ1) is 23.3. The Labute approximate surface area is 148 Å². The number of Topliss-reactive ketones (excluding diaryl/α,β-unsaturated/α-hetero) is 1. The zero-order valence-corrected chi connectivity index (χ0v) is 16.4. The lowest BCUT2D eigenvalue weighted by atomic mass is 9.83. The largest absolute Gasteiger partial charge is 0.392 e. The molecule has 4 nitrogen and oxygen atoms in total. The van der Waals surface area contributed by atoms with Crippen LogP contribution < -0.4 is 5.32 Å². The van der Waals surface area contributed by atoms with Crippen LogP contribution in [0.15, 0.2) is 0 Å². The third-order valence-corrected chi connectivity index (χ3v) is 5.12. The van der Waals surface area contributed by atoms with Crippen LogP contribution in [0.3, 0.4) is 0 Å². The fourth-order valence-corrected chi connectivity index (χ4v) is 3.37. The number of aldehydes is 1. The lowest BCUT2D eigenvalue weighted by Gasteiger charge is -2.22. The average Bonchev–Trinajstić information content (AvgIpc) is 2.53. The molecule has 2 N–H and O–H groups in total. The minimum atomic E-state index is -0.841. The molecule has 0 aliphatic rings. The summed E-state index contributed by atoms with van der Waals surface area (Å²) in [7, 11) is 1.99. The fraction of sp³-hybridized carbons (Fsp3) is 0.900. The van der Waals surface area contributed by atoms with E-state index >= 15 is 0 Å². The van der Waals surface area contributed by atoms with Gasteiger partial charge in [-0.25, -0.2) is 0 Å². The second-order valence-corrected chi connectivity index (χ2v) is 7.68. The average molecular weight is 342 g/mol. The van der Waals surface area contributed by atoms with Crippen LogP contribution in [0.1, 0.15) is 72.6 Å². The number of nitrogens with one attached hydrogen (secondary N) is 1. The Morgan fingerprint density at radius 3 is 2.21 bits per heavy atom. The van der Waals surface area contributed by atoms with Gasteiger partial charge in [-0.15, -0.1) is 0 Å². The van der Waals surface area contributed by atoms with Gasteiger partial charge in [-0.2, -0.15) is 0 Å². The summed E-state index contributed by atoms with van der Waals surface area (Å²) >= 11 is 0. The Morgan fingerprint density at radius 1 is 1.04 bits per heavy atom. The maximum Gasteiger partial charge on any atom is 0.141 e. The molecular weight excluding hydrogens is 302 g/mol. The second kappa shape index (κ2) is 13.5. The van der Waals surface area contributed by atoms with Gasteiger partial charge in [0, 0.05) is 18.3 Å². The summed E-state index contributed by atoms with van der Waals surface area (Å²) in [5, 5.41) is 13.0. The molecule has 0 bridgehead atoms. The number of aliphatic hydroxyl groups excluding tert-OH is 1.